The standard InChI is InChI=1S/C19H16F2N2O4/c1-12(24)22-17(9-13-5-3-2-4-6-13)19(26)27-11-18(25)23-16-10-14(20)7-8-15(16)21/h2-10H,11H2,1H3,(H,22,24)(H,23,25)/b17-9-. The van der Waals surface area contributed by atoms with Crippen molar-refractivity contribution in [2.75, 3.05) is 11.9 Å². The number of carbonyl (C=O) groups excluding carboxylic acids is 3. The number of hydrogen-bond donors (Lipinski definition) is 2. The highest BCUT2D eigenvalue weighted by Gasteiger charge is 2.16. The summed E-state index contributed by atoms with van der Waals surface area (Å²) < 4.78 is 31.4. The zero-order chi connectivity index (χ0) is 19.8. The van der Waals surface area contributed by atoms with Gasteiger partial charge in [0.15, 0.2) is 6.61 Å². The summed E-state index contributed by atoms with van der Waals surface area (Å²) in [6, 6.07) is 11.2. The maximum Gasteiger partial charge on any atom is 0.355 e. The van der Waals surface area contributed by atoms with Gasteiger partial charge in [0, 0.05) is 13.0 Å². The summed E-state index contributed by atoms with van der Waals surface area (Å²) in [5.74, 6) is -3.89. The van der Waals surface area contributed by atoms with Crippen molar-refractivity contribution in [1.82, 2.24) is 5.32 Å². The fourth-order valence-corrected chi connectivity index (χ4v) is 2.04. The second-order valence-corrected chi connectivity index (χ2v) is 5.40. The molecule has 2 N–H and O–H groups in total. The molecule has 0 aliphatic heterocycles. The van der Waals surface area contributed by atoms with E-state index < -0.39 is 36.0 Å². The number of ether oxygens (including phenoxy) is 1. The van der Waals surface area contributed by atoms with Crippen LogP contribution in [0.25, 0.3) is 6.08 Å². The highest BCUT2D eigenvalue weighted by atomic mass is 19.1. The Kier molecular flexibility index (Phi) is 6.76. The van der Waals surface area contributed by atoms with Gasteiger partial charge in [-0.1, -0.05) is 30.3 Å². The van der Waals surface area contributed by atoms with Crippen LogP contribution in [0.3, 0.4) is 0 Å². The first-order valence-electron chi connectivity index (χ1n) is 7.81. The summed E-state index contributed by atoms with van der Waals surface area (Å²) in [6.45, 7) is 0.464. The van der Waals surface area contributed by atoms with Crippen LogP contribution < -0.4 is 10.6 Å². The maximum atomic E-state index is 13.5. The van der Waals surface area contributed by atoms with Crippen LogP contribution in [0.1, 0.15) is 12.5 Å². The lowest BCUT2D eigenvalue weighted by Gasteiger charge is -2.10. The van der Waals surface area contributed by atoms with Crippen LogP contribution >= 0.6 is 0 Å². The third-order valence-corrected chi connectivity index (χ3v) is 3.18. The largest absolute Gasteiger partial charge is 0.451 e. The van der Waals surface area contributed by atoms with Crippen LogP contribution in [0.15, 0.2) is 54.2 Å². The smallest absolute Gasteiger partial charge is 0.355 e. The quantitative estimate of drug-likeness (QED) is 0.601. The Morgan fingerprint density at radius 3 is 2.44 bits per heavy atom. The van der Waals surface area contributed by atoms with Crippen LogP contribution in [0.2, 0.25) is 0 Å². The first-order valence-corrected chi connectivity index (χ1v) is 7.81. The van der Waals surface area contributed by atoms with Gasteiger partial charge in [-0.25, -0.2) is 13.6 Å². The number of rotatable bonds is 6. The van der Waals surface area contributed by atoms with Gasteiger partial charge >= 0.3 is 5.97 Å². The topological polar surface area (TPSA) is 84.5 Å². The van der Waals surface area contributed by atoms with Crippen molar-refractivity contribution >= 4 is 29.5 Å². The van der Waals surface area contributed by atoms with Gasteiger partial charge in [-0.05, 0) is 23.8 Å². The molecule has 27 heavy (non-hydrogen) atoms. The number of benzene rings is 2. The van der Waals surface area contributed by atoms with E-state index in [1.54, 1.807) is 30.3 Å². The lowest BCUT2D eigenvalue weighted by atomic mass is 10.2. The molecular formula is C19H16F2N2O4. The van der Waals surface area contributed by atoms with E-state index in [-0.39, 0.29) is 11.4 Å². The van der Waals surface area contributed by atoms with E-state index in [0.717, 1.165) is 18.2 Å². The Hall–Kier alpha value is -3.55. The van der Waals surface area contributed by atoms with Gasteiger partial charge in [0.2, 0.25) is 5.91 Å². The highest BCUT2D eigenvalue weighted by molar-refractivity contribution is 5.99. The van der Waals surface area contributed by atoms with Crippen molar-refractivity contribution in [3.8, 4) is 0 Å². The monoisotopic (exact) mass is 374 g/mol. The van der Waals surface area contributed by atoms with E-state index in [2.05, 4.69) is 10.6 Å². The SMILES string of the molecule is CC(=O)N/C(=C\c1ccccc1)C(=O)OCC(=O)Nc1cc(F)ccc1F. The first kappa shape index (κ1) is 19.8. The van der Waals surface area contributed by atoms with Crippen molar-refractivity contribution < 1.29 is 27.9 Å². The summed E-state index contributed by atoms with van der Waals surface area (Å²) in [6.07, 6.45) is 1.38. The lowest BCUT2D eigenvalue weighted by molar-refractivity contribution is -0.144. The molecule has 0 spiro atoms. The zero-order valence-corrected chi connectivity index (χ0v) is 14.3. The molecule has 2 rings (SSSR count). The molecule has 0 aliphatic carbocycles. The van der Waals surface area contributed by atoms with Gasteiger partial charge in [-0.15, -0.1) is 0 Å². The second kappa shape index (κ2) is 9.23. The van der Waals surface area contributed by atoms with Gasteiger partial charge in [-0.3, -0.25) is 9.59 Å². The molecular weight excluding hydrogens is 358 g/mol. The Bertz CT molecular complexity index is 883. The molecule has 2 amide bonds. The summed E-state index contributed by atoms with van der Waals surface area (Å²) in [4.78, 5) is 35.2. The Morgan fingerprint density at radius 1 is 1.07 bits per heavy atom. The molecule has 2 aromatic rings. The molecule has 2 aromatic carbocycles. The molecule has 0 saturated heterocycles. The lowest BCUT2D eigenvalue weighted by Crippen LogP contribution is -2.29. The molecule has 0 unspecified atom stereocenters. The van der Waals surface area contributed by atoms with Crippen LogP contribution in [0.4, 0.5) is 14.5 Å². The Balaban J connectivity index is 2.02. The van der Waals surface area contributed by atoms with E-state index in [9.17, 15) is 23.2 Å². The van der Waals surface area contributed by atoms with Crippen molar-refractivity contribution in [1.29, 1.82) is 0 Å². The van der Waals surface area contributed by atoms with Crippen LogP contribution in [0, 0.1) is 11.6 Å². The molecule has 0 atom stereocenters. The van der Waals surface area contributed by atoms with E-state index in [1.165, 1.54) is 13.0 Å². The number of carbonyl (C=O) groups is 3. The van der Waals surface area contributed by atoms with Gasteiger partial charge in [0.25, 0.3) is 5.91 Å². The molecule has 0 radical (unpaired) electrons. The average Bonchev–Trinajstić information content (AvgIpc) is 2.62. The summed E-state index contributed by atoms with van der Waals surface area (Å²) in [5, 5.41) is 4.42. The number of hydrogen-bond acceptors (Lipinski definition) is 4. The van der Waals surface area contributed by atoms with Crippen LogP contribution in [-0.4, -0.2) is 24.4 Å². The predicted octanol–water partition coefficient (Wildman–Crippen LogP) is 2.62. The normalized spacial score (nSPS) is 10.9. The molecule has 0 saturated carbocycles. The number of esters is 1. The molecule has 140 valence electrons. The summed E-state index contributed by atoms with van der Waals surface area (Å²) in [5.41, 5.74) is 0.0841. The third-order valence-electron chi connectivity index (χ3n) is 3.18. The fourth-order valence-electron chi connectivity index (χ4n) is 2.04. The summed E-state index contributed by atoms with van der Waals surface area (Å²) in [7, 11) is 0. The molecule has 6 nitrogen and oxygen atoms in total. The molecule has 8 heteroatoms. The molecule has 0 aromatic heterocycles. The molecule has 0 aliphatic rings. The number of nitrogens with one attached hydrogen (secondary N) is 2. The van der Waals surface area contributed by atoms with E-state index in [0.29, 0.717) is 5.56 Å². The maximum absolute atomic E-state index is 13.5. The van der Waals surface area contributed by atoms with E-state index in [4.69, 9.17) is 4.74 Å². The van der Waals surface area contributed by atoms with Gasteiger partial charge in [-0.2, -0.15) is 0 Å². The number of halogens is 2. The third kappa shape index (κ3) is 6.35. The molecule has 0 bridgehead atoms. The Morgan fingerprint density at radius 2 is 1.78 bits per heavy atom. The fraction of sp³-hybridized carbons (Fsp3) is 0.105. The zero-order valence-electron chi connectivity index (χ0n) is 14.3. The van der Waals surface area contributed by atoms with Crippen LogP contribution in [0.5, 0.6) is 0 Å². The van der Waals surface area contributed by atoms with Gasteiger partial charge in [0.05, 0.1) is 5.69 Å². The van der Waals surface area contributed by atoms with E-state index >= 15 is 0 Å². The van der Waals surface area contributed by atoms with Crippen molar-refractivity contribution in [3.63, 3.8) is 0 Å². The van der Waals surface area contributed by atoms with Crippen molar-refractivity contribution in [2.45, 2.75) is 6.92 Å². The van der Waals surface area contributed by atoms with E-state index in [1.807, 2.05) is 0 Å². The number of anilines is 1. The average molecular weight is 374 g/mol. The minimum absolute atomic E-state index is 0.168. The predicted molar refractivity (Wildman–Crippen MR) is 94.2 cm³/mol. The highest BCUT2D eigenvalue weighted by Crippen LogP contribution is 2.15. The second-order valence-electron chi connectivity index (χ2n) is 5.40. The Labute approximate surface area is 153 Å². The molecule has 0 heterocycles. The molecule has 0 fully saturated rings. The minimum atomic E-state index is -0.955. The van der Waals surface area contributed by atoms with Crippen molar-refractivity contribution in [3.05, 3.63) is 71.4 Å². The summed E-state index contributed by atoms with van der Waals surface area (Å²) >= 11 is 0. The minimum Gasteiger partial charge on any atom is -0.451 e. The van der Waals surface area contributed by atoms with Gasteiger partial charge in [0.1, 0.15) is 17.3 Å². The van der Waals surface area contributed by atoms with Crippen molar-refractivity contribution in [2.24, 2.45) is 0 Å². The number of amides is 2. The first-order chi connectivity index (χ1) is 12.8. The van der Waals surface area contributed by atoms with Gasteiger partial charge < -0.3 is 15.4 Å². The van der Waals surface area contributed by atoms with Crippen LogP contribution in [-0.2, 0) is 19.1 Å².